The molecule has 0 aliphatic carbocycles. The van der Waals surface area contributed by atoms with Crippen molar-refractivity contribution in [1.29, 1.82) is 0 Å². The maximum absolute atomic E-state index is 5.63. The molecule has 4 heteroatoms. The second-order valence-corrected chi connectivity index (χ2v) is 5.15. The van der Waals surface area contributed by atoms with E-state index in [1.165, 1.54) is 0 Å². The lowest BCUT2D eigenvalue weighted by Gasteiger charge is -2.14. The lowest BCUT2D eigenvalue weighted by Crippen LogP contribution is -2.04. The van der Waals surface area contributed by atoms with Crippen molar-refractivity contribution in [1.82, 2.24) is 0 Å². The van der Waals surface area contributed by atoms with Crippen LogP contribution in [0.25, 0.3) is 0 Å². The SMILES string of the molecule is CCOc1ccccc1CNc1cc(Br)ccc1OC. The number of methoxy groups -OCH3 is 1. The maximum Gasteiger partial charge on any atom is 0.142 e. The summed E-state index contributed by atoms with van der Waals surface area (Å²) in [5.74, 6) is 1.73. The number of nitrogens with one attached hydrogen (secondary N) is 1. The van der Waals surface area contributed by atoms with E-state index in [9.17, 15) is 0 Å². The smallest absolute Gasteiger partial charge is 0.142 e. The van der Waals surface area contributed by atoms with E-state index in [4.69, 9.17) is 9.47 Å². The fourth-order valence-electron chi connectivity index (χ4n) is 1.95. The third-order valence-electron chi connectivity index (χ3n) is 2.90. The Labute approximate surface area is 128 Å². The summed E-state index contributed by atoms with van der Waals surface area (Å²) in [4.78, 5) is 0. The number of hydrogen-bond donors (Lipinski definition) is 1. The van der Waals surface area contributed by atoms with Gasteiger partial charge in [0.15, 0.2) is 0 Å². The normalized spacial score (nSPS) is 10.2. The van der Waals surface area contributed by atoms with E-state index in [0.29, 0.717) is 13.2 Å². The molecule has 0 aromatic heterocycles. The average molecular weight is 336 g/mol. The minimum atomic E-state index is 0.664. The third kappa shape index (κ3) is 3.67. The summed E-state index contributed by atoms with van der Waals surface area (Å²) in [6, 6.07) is 13.9. The van der Waals surface area contributed by atoms with Gasteiger partial charge in [-0.05, 0) is 31.2 Å². The zero-order chi connectivity index (χ0) is 14.4. The van der Waals surface area contributed by atoms with Crippen LogP contribution in [0.2, 0.25) is 0 Å². The second kappa shape index (κ2) is 7.20. The number of anilines is 1. The van der Waals surface area contributed by atoms with Crippen LogP contribution in [-0.2, 0) is 6.54 Å². The van der Waals surface area contributed by atoms with Crippen molar-refractivity contribution in [2.45, 2.75) is 13.5 Å². The Kier molecular flexibility index (Phi) is 5.30. The summed E-state index contributed by atoms with van der Waals surface area (Å²) < 4.78 is 12.0. The number of halogens is 1. The van der Waals surface area contributed by atoms with Crippen LogP contribution in [0.1, 0.15) is 12.5 Å². The fourth-order valence-corrected chi connectivity index (χ4v) is 2.32. The molecular weight excluding hydrogens is 318 g/mol. The van der Waals surface area contributed by atoms with E-state index in [0.717, 1.165) is 27.2 Å². The molecule has 0 aliphatic rings. The highest BCUT2D eigenvalue weighted by atomic mass is 79.9. The van der Waals surface area contributed by atoms with Gasteiger partial charge in [-0.15, -0.1) is 0 Å². The van der Waals surface area contributed by atoms with Crippen molar-refractivity contribution in [2.24, 2.45) is 0 Å². The molecule has 0 unspecified atom stereocenters. The van der Waals surface area contributed by atoms with Crippen LogP contribution in [0.5, 0.6) is 11.5 Å². The molecular formula is C16H18BrNO2. The predicted octanol–water partition coefficient (Wildman–Crippen LogP) is 4.47. The first-order chi connectivity index (χ1) is 9.74. The van der Waals surface area contributed by atoms with Crippen LogP contribution in [0.3, 0.4) is 0 Å². The standard InChI is InChI=1S/C16H18BrNO2/c1-3-20-15-7-5-4-6-12(15)11-18-14-10-13(17)8-9-16(14)19-2/h4-10,18H,3,11H2,1-2H3. The van der Waals surface area contributed by atoms with Gasteiger partial charge in [-0.25, -0.2) is 0 Å². The summed E-state index contributed by atoms with van der Waals surface area (Å²) in [6.45, 7) is 3.34. The first-order valence-corrected chi connectivity index (χ1v) is 7.32. The Morgan fingerprint density at radius 1 is 1.10 bits per heavy atom. The molecule has 0 saturated carbocycles. The molecule has 0 bridgehead atoms. The zero-order valence-corrected chi connectivity index (χ0v) is 13.2. The van der Waals surface area contributed by atoms with Gasteiger partial charge in [0.25, 0.3) is 0 Å². The summed E-state index contributed by atoms with van der Waals surface area (Å²) in [7, 11) is 1.67. The fraction of sp³-hybridized carbons (Fsp3) is 0.250. The van der Waals surface area contributed by atoms with Crippen LogP contribution in [0.4, 0.5) is 5.69 Å². The van der Waals surface area contributed by atoms with Gasteiger partial charge >= 0.3 is 0 Å². The summed E-state index contributed by atoms with van der Waals surface area (Å²) in [5, 5.41) is 3.39. The minimum Gasteiger partial charge on any atom is -0.495 e. The molecule has 0 heterocycles. The van der Waals surface area contributed by atoms with Gasteiger partial charge in [0.05, 0.1) is 19.4 Å². The first-order valence-electron chi connectivity index (χ1n) is 6.52. The molecule has 0 fully saturated rings. The molecule has 0 aliphatic heterocycles. The third-order valence-corrected chi connectivity index (χ3v) is 3.40. The quantitative estimate of drug-likeness (QED) is 0.844. The van der Waals surface area contributed by atoms with Crippen LogP contribution in [0, 0.1) is 0 Å². The van der Waals surface area contributed by atoms with Gasteiger partial charge in [0.2, 0.25) is 0 Å². The molecule has 0 radical (unpaired) electrons. The lowest BCUT2D eigenvalue weighted by atomic mass is 10.2. The van der Waals surface area contributed by atoms with E-state index in [1.807, 2.05) is 43.3 Å². The molecule has 2 rings (SSSR count). The van der Waals surface area contributed by atoms with Gasteiger partial charge < -0.3 is 14.8 Å². The predicted molar refractivity (Wildman–Crippen MR) is 85.6 cm³/mol. The second-order valence-electron chi connectivity index (χ2n) is 4.24. The zero-order valence-electron chi connectivity index (χ0n) is 11.7. The number of ether oxygens (including phenoxy) is 2. The highest BCUT2D eigenvalue weighted by Gasteiger charge is 2.06. The van der Waals surface area contributed by atoms with Crippen LogP contribution in [-0.4, -0.2) is 13.7 Å². The minimum absolute atomic E-state index is 0.664. The molecule has 0 atom stereocenters. The topological polar surface area (TPSA) is 30.5 Å². The van der Waals surface area contributed by atoms with Crippen LogP contribution < -0.4 is 14.8 Å². The van der Waals surface area contributed by atoms with Crippen molar-refractivity contribution >= 4 is 21.6 Å². The van der Waals surface area contributed by atoms with Gasteiger partial charge in [-0.3, -0.25) is 0 Å². The Balaban J connectivity index is 2.14. The number of para-hydroxylation sites is 1. The number of rotatable bonds is 6. The van der Waals surface area contributed by atoms with Gasteiger partial charge in [0.1, 0.15) is 11.5 Å². The Morgan fingerprint density at radius 3 is 2.65 bits per heavy atom. The summed E-state index contributed by atoms with van der Waals surface area (Å²) in [5.41, 5.74) is 2.07. The van der Waals surface area contributed by atoms with E-state index in [-0.39, 0.29) is 0 Å². The maximum atomic E-state index is 5.63. The van der Waals surface area contributed by atoms with E-state index in [2.05, 4.69) is 27.3 Å². The molecule has 3 nitrogen and oxygen atoms in total. The van der Waals surface area contributed by atoms with Crippen molar-refractivity contribution < 1.29 is 9.47 Å². The first kappa shape index (κ1) is 14.7. The van der Waals surface area contributed by atoms with Crippen LogP contribution in [0.15, 0.2) is 46.9 Å². The van der Waals surface area contributed by atoms with Gasteiger partial charge in [-0.2, -0.15) is 0 Å². The van der Waals surface area contributed by atoms with Crippen molar-refractivity contribution in [2.75, 3.05) is 19.0 Å². The molecule has 2 aromatic rings. The number of benzene rings is 2. The largest absolute Gasteiger partial charge is 0.495 e. The summed E-state index contributed by atoms with van der Waals surface area (Å²) >= 11 is 3.47. The molecule has 0 saturated heterocycles. The van der Waals surface area contributed by atoms with Gasteiger partial charge in [0, 0.05) is 16.6 Å². The van der Waals surface area contributed by atoms with Crippen molar-refractivity contribution in [3.8, 4) is 11.5 Å². The number of hydrogen-bond acceptors (Lipinski definition) is 3. The average Bonchev–Trinajstić information content (AvgIpc) is 2.47. The van der Waals surface area contributed by atoms with Crippen molar-refractivity contribution in [3.63, 3.8) is 0 Å². The summed E-state index contributed by atoms with van der Waals surface area (Å²) in [6.07, 6.45) is 0. The molecule has 2 aromatic carbocycles. The molecule has 106 valence electrons. The van der Waals surface area contributed by atoms with Crippen LogP contribution >= 0.6 is 15.9 Å². The Bertz CT molecular complexity index is 572. The van der Waals surface area contributed by atoms with Crippen molar-refractivity contribution in [3.05, 3.63) is 52.5 Å². The highest BCUT2D eigenvalue weighted by molar-refractivity contribution is 9.10. The molecule has 20 heavy (non-hydrogen) atoms. The van der Waals surface area contributed by atoms with E-state index >= 15 is 0 Å². The Morgan fingerprint density at radius 2 is 1.90 bits per heavy atom. The molecule has 0 spiro atoms. The lowest BCUT2D eigenvalue weighted by molar-refractivity contribution is 0.337. The molecule has 0 amide bonds. The molecule has 1 N–H and O–H groups in total. The monoisotopic (exact) mass is 335 g/mol. The Hall–Kier alpha value is -1.68. The van der Waals surface area contributed by atoms with E-state index in [1.54, 1.807) is 7.11 Å². The van der Waals surface area contributed by atoms with E-state index < -0.39 is 0 Å². The van der Waals surface area contributed by atoms with Gasteiger partial charge in [-0.1, -0.05) is 34.1 Å². The highest BCUT2D eigenvalue weighted by Crippen LogP contribution is 2.29.